The molecule has 2 aromatic rings. The van der Waals surface area contributed by atoms with E-state index in [4.69, 9.17) is 16.3 Å². The highest BCUT2D eigenvalue weighted by molar-refractivity contribution is 6.42. The lowest BCUT2D eigenvalue weighted by molar-refractivity contribution is -0.385. The number of aromatic nitrogens is 1. The fraction of sp³-hybridized carbons (Fsp3) is 0.0714. The average molecular weight is 334 g/mol. The molecule has 2 heterocycles. The number of imide groups is 1. The molecule has 0 unspecified atom stereocenters. The molecule has 2 amide bonds. The molecule has 0 N–H and O–H groups in total. The van der Waals surface area contributed by atoms with Crippen molar-refractivity contribution in [3.05, 3.63) is 56.7 Å². The minimum atomic E-state index is -0.814. The number of hydrogen-bond donors (Lipinski definition) is 0. The number of benzene rings is 1. The predicted molar refractivity (Wildman–Crippen MR) is 80.0 cm³/mol. The molecule has 0 spiro atoms. The zero-order chi connectivity index (χ0) is 16.7. The Labute approximate surface area is 134 Å². The second-order valence-electron chi connectivity index (χ2n) is 4.58. The van der Waals surface area contributed by atoms with Crippen molar-refractivity contribution in [1.29, 1.82) is 0 Å². The quantitative estimate of drug-likeness (QED) is 0.485. The first-order valence-electron chi connectivity index (χ1n) is 6.31. The van der Waals surface area contributed by atoms with Gasteiger partial charge < -0.3 is 4.74 Å². The summed E-state index contributed by atoms with van der Waals surface area (Å²) in [5.74, 6) is -1.24. The molecule has 0 saturated carbocycles. The van der Waals surface area contributed by atoms with Crippen molar-refractivity contribution < 1.29 is 19.2 Å². The number of ether oxygens (including phenoxy) is 1. The van der Waals surface area contributed by atoms with E-state index in [2.05, 4.69) is 4.98 Å². The van der Waals surface area contributed by atoms with Crippen LogP contribution in [-0.4, -0.2) is 28.8 Å². The molecule has 0 radical (unpaired) electrons. The van der Waals surface area contributed by atoms with E-state index < -0.39 is 22.4 Å². The molecular weight excluding hydrogens is 326 g/mol. The van der Waals surface area contributed by atoms with Crippen LogP contribution in [0.2, 0.25) is 5.02 Å². The Morgan fingerprint density at radius 2 is 1.87 bits per heavy atom. The maximum atomic E-state index is 12.5. The molecular formula is C14H8ClN3O5. The maximum Gasteiger partial charge on any atom is 0.283 e. The highest BCUT2D eigenvalue weighted by Crippen LogP contribution is 2.37. The number of carbonyl (C=O) groups excluding carboxylic acids is 2. The van der Waals surface area contributed by atoms with E-state index in [1.54, 1.807) is 0 Å². The van der Waals surface area contributed by atoms with Gasteiger partial charge in [-0.15, -0.1) is 0 Å². The van der Waals surface area contributed by atoms with Crippen LogP contribution in [0.3, 0.4) is 0 Å². The normalized spacial score (nSPS) is 13.2. The average Bonchev–Trinajstić information content (AvgIpc) is 2.80. The van der Waals surface area contributed by atoms with Crippen molar-refractivity contribution in [2.24, 2.45) is 0 Å². The Hall–Kier alpha value is -3.00. The molecule has 1 aromatic carbocycles. The summed E-state index contributed by atoms with van der Waals surface area (Å²) < 4.78 is 4.91. The smallest absolute Gasteiger partial charge is 0.283 e. The third-order valence-electron chi connectivity index (χ3n) is 3.35. The number of carbonyl (C=O) groups is 2. The van der Waals surface area contributed by atoms with Gasteiger partial charge in [0.15, 0.2) is 0 Å². The van der Waals surface area contributed by atoms with E-state index in [9.17, 15) is 19.7 Å². The van der Waals surface area contributed by atoms with Gasteiger partial charge in [0.05, 0.1) is 34.5 Å². The molecule has 1 aliphatic rings. The standard InChI is InChI=1S/C14H8ClN3O5/c1-23-10-5-2-7(6-16-10)17-13(19)11-8(15)3-4-9(18(21)22)12(11)14(17)20/h2-6H,1H3. The minimum Gasteiger partial charge on any atom is -0.481 e. The van der Waals surface area contributed by atoms with Crippen molar-refractivity contribution in [2.45, 2.75) is 0 Å². The van der Waals surface area contributed by atoms with E-state index in [1.807, 2.05) is 0 Å². The van der Waals surface area contributed by atoms with Crippen LogP contribution >= 0.6 is 11.6 Å². The van der Waals surface area contributed by atoms with Gasteiger partial charge in [-0.25, -0.2) is 9.88 Å². The number of pyridine rings is 1. The number of anilines is 1. The number of rotatable bonds is 3. The first kappa shape index (κ1) is 14.9. The monoisotopic (exact) mass is 333 g/mol. The number of fused-ring (bicyclic) bond motifs is 1. The number of nitro benzene ring substituents is 1. The molecule has 0 fully saturated rings. The fourth-order valence-corrected chi connectivity index (χ4v) is 2.56. The lowest BCUT2D eigenvalue weighted by Crippen LogP contribution is -2.29. The van der Waals surface area contributed by atoms with Crippen LogP contribution in [0.5, 0.6) is 5.88 Å². The Bertz CT molecular complexity index is 850. The van der Waals surface area contributed by atoms with Gasteiger partial charge in [-0.05, 0) is 12.1 Å². The Morgan fingerprint density at radius 1 is 1.17 bits per heavy atom. The van der Waals surface area contributed by atoms with E-state index in [0.717, 1.165) is 11.0 Å². The summed E-state index contributed by atoms with van der Waals surface area (Å²) >= 11 is 5.95. The third kappa shape index (κ3) is 2.20. The summed E-state index contributed by atoms with van der Waals surface area (Å²) in [5, 5.41) is 11.1. The first-order valence-corrected chi connectivity index (χ1v) is 6.69. The number of methoxy groups -OCH3 is 1. The molecule has 0 bridgehead atoms. The van der Waals surface area contributed by atoms with Gasteiger partial charge in [0.1, 0.15) is 5.56 Å². The van der Waals surface area contributed by atoms with Gasteiger partial charge in [0.25, 0.3) is 17.5 Å². The predicted octanol–water partition coefficient (Wildman–Crippen LogP) is 2.45. The van der Waals surface area contributed by atoms with Crippen LogP contribution in [0.15, 0.2) is 30.5 Å². The van der Waals surface area contributed by atoms with Gasteiger partial charge in [-0.2, -0.15) is 0 Å². The highest BCUT2D eigenvalue weighted by Gasteiger charge is 2.43. The van der Waals surface area contributed by atoms with Crippen molar-refractivity contribution in [3.63, 3.8) is 0 Å². The molecule has 23 heavy (non-hydrogen) atoms. The van der Waals surface area contributed by atoms with Crippen LogP contribution in [0, 0.1) is 10.1 Å². The summed E-state index contributed by atoms with van der Waals surface area (Å²) in [6, 6.07) is 5.24. The van der Waals surface area contributed by atoms with Gasteiger partial charge in [0.2, 0.25) is 5.88 Å². The SMILES string of the molecule is COc1ccc(N2C(=O)c3c(Cl)ccc([N+](=O)[O-])c3C2=O)cn1. The molecule has 9 heteroatoms. The van der Waals surface area contributed by atoms with Gasteiger partial charge in [0, 0.05) is 12.1 Å². The van der Waals surface area contributed by atoms with Crippen molar-refractivity contribution in [3.8, 4) is 5.88 Å². The Balaban J connectivity index is 2.15. The molecule has 3 rings (SSSR count). The lowest BCUT2D eigenvalue weighted by Gasteiger charge is -2.13. The number of hydrogen-bond acceptors (Lipinski definition) is 6. The number of amides is 2. The van der Waals surface area contributed by atoms with Crippen molar-refractivity contribution >= 4 is 34.8 Å². The van der Waals surface area contributed by atoms with Gasteiger partial charge >= 0.3 is 0 Å². The zero-order valence-electron chi connectivity index (χ0n) is 11.6. The number of nitrogens with zero attached hydrogens (tertiary/aromatic N) is 3. The van der Waals surface area contributed by atoms with Gasteiger partial charge in [-0.3, -0.25) is 19.7 Å². The van der Waals surface area contributed by atoms with E-state index in [1.165, 1.54) is 31.5 Å². The molecule has 0 saturated heterocycles. The number of halogens is 1. The van der Waals surface area contributed by atoms with Crippen LogP contribution in [0.1, 0.15) is 20.7 Å². The maximum absolute atomic E-state index is 12.5. The summed E-state index contributed by atoms with van der Waals surface area (Å²) in [6.45, 7) is 0. The van der Waals surface area contributed by atoms with Crippen molar-refractivity contribution in [1.82, 2.24) is 4.98 Å². The first-order chi connectivity index (χ1) is 11.0. The van der Waals surface area contributed by atoms with Crippen LogP contribution in [0.25, 0.3) is 0 Å². The largest absolute Gasteiger partial charge is 0.481 e. The van der Waals surface area contributed by atoms with E-state index in [-0.39, 0.29) is 21.8 Å². The Kier molecular flexibility index (Phi) is 3.45. The topological polar surface area (TPSA) is 103 Å². The minimum absolute atomic E-state index is 0.0204. The summed E-state index contributed by atoms with van der Waals surface area (Å²) in [7, 11) is 1.42. The van der Waals surface area contributed by atoms with Crippen LogP contribution in [0.4, 0.5) is 11.4 Å². The zero-order valence-corrected chi connectivity index (χ0v) is 12.4. The Morgan fingerprint density at radius 3 is 2.43 bits per heavy atom. The van der Waals surface area contributed by atoms with E-state index >= 15 is 0 Å². The molecule has 8 nitrogen and oxygen atoms in total. The third-order valence-corrected chi connectivity index (χ3v) is 3.67. The van der Waals surface area contributed by atoms with E-state index in [0.29, 0.717) is 5.88 Å². The molecule has 0 atom stereocenters. The summed E-state index contributed by atoms with van der Waals surface area (Å²) in [4.78, 5) is 40.1. The van der Waals surface area contributed by atoms with Crippen LogP contribution < -0.4 is 9.64 Å². The van der Waals surface area contributed by atoms with Crippen molar-refractivity contribution in [2.75, 3.05) is 12.0 Å². The molecule has 1 aromatic heterocycles. The highest BCUT2D eigenvalue weighted by atomic mass is 35.5. The molecule has 116 valence electrons. The second kappa shape index (κ2) is 5.33. The fourth-order valence-electron chi connectivity index (χ4n) is 2.32. The molecule has 0 aliphatic carbocycles. The van der Waals surface area contributed by atoms with Gasteiger partial charge in [-0.1, -0.05) is 11.6 Å². The number of nitro groups is 1. The summed E-state index contributed by atoms with van der Waals surface area (Å²) in [5.41, 5.74) is -0.793. The van der Waals surface area contributed by atoms with Crippen LogP contribution in [-0.2, 0) is 0 Å². The summed E-state index contributed by atoms with van der Waals surface area (Å²) in [6.07, 6.45) is 1.26. The molecule has 1 aliphatic heterocycles. The second-order valence-corrected chi connectivity index (χ2v) is 4.99. The lowest BCUT2D eigenvalue weighted by atomic mass is 10.1.